The van der Waals surface area contributed by atoms with E-state index in [4.69, 9.17) is 0 Å². The molecule has 0 spiro atoms. The first kappa shape index (κ1) is 20.5. The van der Waals surface area contributed by atoms with E-state index in [1.54, 1.807) is 0 Å². The number of carbonyl (C=O) groups is 1. The van der Waals surface area contributed by atoms with Crippen LogP contribution in [0.25, 0.3) is 0 Å². The van der Waals surface area contributed by atoms with Gasteiger partial charge < -0.3 is 10.2 Å². The van der Waals surface area contributed by atoms with Crippen molar-refractivity contribution in [3.8, 4) is 0 Å². The Balaban J connectivity index is 0.000000200. The molecule has 3 heterocycles. The Morgan fingerprint density at radius 3 is 2.46 bits per heavy atom. The lowest BCUT2D eigenvalue weighted by Crippen LogP contribution is -2.41. The molecule has 1 aromatic carbocycles. The number of anilines is 1. The standard InChI is InChI=1S/C12H18N2.C11H14N2O.H2/c1-11-6-5-7-13-12(11)10-14-8-3-2-4-9-14;1-13-6-10(7-13)9-2-4-11(5-3-9)12-8-14;/h5-7H,2-4,8-10H2,1H3;2-5,8,10H,6-7H2,1H3,(H,12,14);1H. The van der Waals surface area contributed by atoms with E-state index in [1.165, 1.54) is 49.2 Å². The fraction of sp³-hybridized carbons (Fsp3) is 0.478. The van der Waals surface area contributed by atoms with E-state index in [0.29, 0.717) is 12.3 Å². The monoisotopic (exact) mass is 382 g/mol. The molecule has 1 aromatic heterocycles. The number of aryl methyl sites for hydroxylation is 1. The molecule has 0 aliphatic carbocycles. The number of carbonyl (C=O) groups excluding carboxylic acids is 1. The van der Waals surface area contributed by atoms with Gasteiger partial charge in [0.1, 0.15) is 0 Å². The number of hydrogen-bond acceptors (Lipinski definition) is 4. The molecule has 28 heavy (non-hydrogen) atoms. The highest BCUT2D eigenvalue weighted by Gasteiger charge is 2.24. The van der Waals surface area contributed by atoms with Crippen molar-refractivity contribution in [3.63, 3.8) is 0 Å². The quantitative estimate of drug-likeness (QED) is 0.797. The molecule has 2 aliphatic heterocycles. The van der Waals surface area contributed by atoms with E-state index in [0.717, 1.165) is 25.3 Å². The molecule has 5 nitrogen and oxygen atoms in total. The van der Waals surface area contributed by atoms with Crippen LogP contribution in [0.3, 0.4) is 0 Å². The number of hydrogen-bond donors (Lipinski definition) is 1. The van der Waals surface area contributed by atoms with E-state index in [9.17, 15) is 4.79 Å². The van der Waals surface area contributed by atoms with E-state index < -0.39 is 0 Å². The summed E-state index contributed by atoms with van der Waals surface area (Å²) in [5.41, 5.74) is 4.78. The first-order valence-electron chi connectivity index (χ1n) is 10.3. The maximum Gasteiger partial charge on any atom is 0.211 e. The molecule has 1 N–H and O–H groups in total. The number of rotatable bonds is 5. The Bertz CT molecular complexity index is 741. The number of pyridine rings is 1. The van der Waals surface area contributed by atoms with Crippen molar-refractivity contribution in [2.45, 2.75) is 38.6 Å². The third kappa shape index (κ3) is 5.88. The lowest BCUT2D eigenvalue weighted by atomic mass is 9.92. The van der Waals surface area contributed by atoms with Gasteiger partial charge in [0.25, 0.3) is 0 Å². The molecule has 0 atom stereocenters. The number of likely N-dealkylation sites (tertiary alicyclic amines) is 2. The van der Waals surface area contributed by atoms with E-state index in [1.807, 2.05) is 24.4 Å². The van der Waals surface area contributed by atoms with Crippen molar-refractivity contribution in [1.29, 1.82) is 0 Å². The molecule has 0 bridgehead atoms. The fourth-order valence-electron chi connectivity index (χ4n) is 3.84. The lowest BCUT2D eigenvalue weighted by molar-refractivity contribution is -0.105. The first-order chi connectivity index (χ1) is 13.7. The summed E-state index contributed by atoms with van der Waals surface area (Å²) in [7, 11) is 2.12. The molecule has 0 saturated carbocycles. The number of likely N-dealkylation sites (N-methyl/N-ethyl adjacent to an activating group) is 1. The van der Waals surface area contributed by atoms with Gasteiger partial charge in [-0.2, -0.15) is 0 Å². The molecule has 4 rings (SSSR count). The van der Waals surface area contributed by atoms with Gasteiger partial charge in [-0.05, 0) is 69.2 Å². The topological polar surface area (TPSA) is 48.5 Å². The van der Waals surface area contributed by atoms with Gasteiger partial charge in [-0.1, -0.05) is 24.6 Å². The second kappa shape index (κ2) is 10.3. The fourth-order valence-corrected chi connectivity index (χ4v) is 3.84. The summed E-state index contributed by atoms with van der Waals surface area (Å²) in [5.74, 6) is 0.672. The number of nitrogens with one attached hydrogen (secondary N) is 1. The zero-order valence-corrected chi connectivity index (χ0v) is 17.1. The minimum atomic E-state index is 0. The molecule has 0 unspecified atom stereocenters. The molecule has 2 fully saturated rings. The molecule has 5 heteroatoms. The van der Waals surface area contributed by atoms with Gasteiger partial charge in [-0.15, -0.1) is 0 Å². The molecule has 1 amide bonds. The zero-order valence-electron chi connectivity index (χ0n) is 17.1. The molecular formula is C23H34N4O. The number of amides is 1. The van der Waals surface area contributed by atoms with Crippen LogP contribution in [-0.2, 0) is 11.3 Å². The third-order valence-electron chi connectivity index (χ3n) is 5.61. The van der Waals surface area contributed by atoms with Crippen LogP contribution in [0.1, 0.15) is 43.4 Å². The van der Waals surface area contributed by atoms with E-state index in [-0.39, 0.29) is 1.43 Å². The first-order valence-corrected chi connectivity index (χ1v) is 10.3. The molecule has 152 valence electrons. The third-order valence-corrected chi connectivity index (χ3v) is 5.61. The van der Waals surface area contributed by atoms with Crippen molar-refractivity contribution < 1.29 is 6.22 Å². The maximum absolute atomic E-state index is 10.2. The highest BCUT2D eigenvalue weighted by atomic mass is 16.1. The summed E-state index contributed by atoms with van der Waals surface area (Å²) in [6, 6.07) is 12.2. The molecular weight excluding hydrogens is 348 g/mol. The second-order valence-electron chi connectivity index (χ2n) is 7.91. The number of nitrogens with zero attached hydrogens (tertiary/aromatic N) is 3. The lowest BCUT2D eigenvalue weighted by Gasteiger charge is -2.36. The van der Waals surface area contributed by atoms with Gasteiger partial charge in [0.05, 0.1) is 5.69 Å². The second-order valence-corrected chi connectivity index (χ2v) is 7.91. The predicted octanol–water partition coefficient (Wildman–Crippen LogP) is 3.91. The highest BCUT2D eigenvalue weighted by Crippen LogP contribution is 2.26. The van der Waals surface area contributed by atoms with Gasteiger partial charge in [0.15, 0.2) is 0 Å². The zero-order chi connectivity index (χ0) is 19.8. The normalized spacial score (nSPS) is 17.9. The molecule has 2 aliphatic rings. The van der Waals surface area contributed by atoms with Crippen LogP contribution in [0.4, 0.5) is 5.69 Å². The average molecular weight is 383 g/mol. The minimum Gasteiger partial charge on any atom is -0.329 e. The Labute approximate surface area is 170 Å². The molecule has 2 aromatic rings. The number of aromatic nitrogens is 1. The highest BCUT2D eigenvalue weighted by molar-refractivity contribution is 5.71. The van der Waals surface area contributed by atoms with Crippen molar-refractivity contribution >= 4 is 12.1 Å². The number of benzene rings is 1. The Kier molecular flexibility index (Phi) is 7.57. The van der Waals surface area contributed by atoms with E-state index >= 15 is 0 Å². The van der Waals surface area contributed by atoms with Gasteiger partial charge >= 0.3 is 0 Å². The van der Waals surface area contributed by atoms with Gasteiger partial charge in [-0.3, -0.25) is 14.7 Å². The SMILES string of the molecule is CN1CC(c2ccc(NC=O)cc2)C1.Cc1cccnc1CN1CCCCC1.[HH]. The van der Waals surface area contributed by atoms with Crippen molar-refractivity contribution in [2.75, 3.05) is 38.5 Å². The summed E-state index contributed by atoms with van der Waals surface area (Å²) < 4.78 is 0. The summed E-state index contributed by atoms with van der Waals surface area (Å²) in [5, 5.41) is 2.63. The van der Waals surface area contributed by atoms with Crippen LogP contribution in [0, 0.1) is 6.92 Å². The van der Waals surface area contributed by atoms with Crippen molar-refractivity contribution in [3.05, 3.63) is 59.4 Å². The molecule has 0 radical (unpaired) electrons. The maximum atomic E-state index is 10.2. The van der Waals surface area contributed by atoms with E-state index in [2.05, 4.69) is 52.3 Å². The largest absolute Gasteiger partial charge is 0.329 e. The van der Waals surface area contributed by atoms with Gasteiger partial charge in [0.2, 0.25) is 6.41 Å². The summed E-state index contributed by atoms with van der Waals surface area (Å²) in [4.78, 5) is 19.4. The van der Waals surface area contributed by atoms with Crippen LogP contribution in [-0.4, -0.2) is 54.4 Å². The van der Waals surface area contributed by atoms with Crippen LogP contribution in [0.15, 0.2) is 42.6 Å². The van der Waals surface area contributed by atoms with Crippen LogP contribution < -0.4 is 5.32 Å². The Morgan fingerprint density at radius 1 is 1.14 bits per heavy atom. The number of piperidine rings is 1. The Morgan fingerprint density at radius 2 is 1.86 bits per heavy atom. The van der Waals surface area contributed by atoms with Gasteiger partial charge in [-0.25, -0.2) is 0 Å². The minimum absolute atomic E-state index is 0. The van der Waals surface area contributed by atoms with Gasteiger partial charge in [0, 0.05) is 38.9 Å². The summed E-state index contributed by atoms with van der Waals surface area (Å²) in [6.45, 7) is 7.95. The predicted molar refractivity (Wildman–Crippen MR) is 117 cm³/mol. The van der Waals surface area contributed by atoms with Crippen molar-refractivity contribution in [1.82, 2.24) is 14.8 Å². The summed E-state index contributed by atoms with van der Waals surface area (Å²) >= 11 is 0. The Hall–Kier alpha value is -2.24. The smallest absolute Gasteiger partial charge is 0.211 e. The average Bonchev–Trinajstić information content (AvgIpc) is 2.70. The van der Waals surface area contributed by atoms with Crippen LogP contribution in [0.5, 0.6) is 0 Å². The van der Waals surface area contributed by atoms with Crippen LogP contribution >= 0.6 is 0 Å². The molecule has 2 saturated heterocycles. The summed E-state index contributed by atoms with van der Waals surface area (Å²) in [6.07, 6.45) is 6.70. The van der Waals surface area contributed by atoms with Crippen LogP contribution in [0.2, 0.25) is 0 Å². The van der Waals surface area contributed by atoms with Crippen molar-refractivity contribution in [2.24, 2.45) is 0 Å².